The van der Waals surface area contributed by atoms with Crippen LogP contribution in [0, 0.1) is 6.92 Å². The summed E-state index contributed by atoms with van der Waals surface area (Å²) in [5.74, 6) is 0.00481. The predicted octanol–water partition coefficient (Wildman–Crippen LogP) is 0.434. The van der Waals surface area contributed by atoms with Gasteiger partial charge in [-0.05, 0) is 19.1 Å². The van der Waals surface area contributed by atoms with Crippen LogP contribution >= 0.6 is 0 Å². The van der Waals surface area contributed by atoms with Crippen LogP contribution in [0.1, 0.15) is 16.2 Å². The van der Waals surface area contributed by atoms with Gasteiger partial charge in [0.25, 0.3) is 5.91 Å². The first-order chi connectivity index (χ1) is 7.18. The highest BCUT2D eigenvalue weighted by Gasteiger charge is 2.26. The van der Waals surface area contributed by atoms with Gasteiger partial charge >= 0.3 is 0 Å². The Kier molecular flexibility index (Phi) is 2.68. The molecule has 0 unspecified atom stereocenters. The smallest absolute Gasteiger partial charge is 0.272 e. The van der Waals surface area contributed by atoms with E-state index in [-0.39, 0.29) is 5.91 Å². The van der Waals surface area contributed by atoms with E-state index in [0.717, 1.165) is 18.8 Å². The summed E-state index contributed by atoms with van der Waals surface area (Å²) in [6.07, 6.45) is 0. The highest BCUT2D eigenvalue weighted by atomic mass is 16.2. The fraction of sp³-hybridized carbons (Fsp3) is 0.455. The molecule has 0 saturated carbocycles. The Bertz CT molecular complexity index is 374. The number of nitrogens with one attached hydrogen (secondary N) is 1. The third kappa shape index (κ3) is 1.99. The first kappa shape index (κ1) is 10.1. The first-order valence-electron chi connectivity index (χ1n) is 5.10. The predicted molar refractivity (Wildman–Crippen MR) is 57.7 cm³/mol. The molecule has 0 aromatic carbocycles. The Morgan fingerprint density at radius 3 is 2.80 bits per heavy atom. The molecule has 2 heterocycles. The van der Waals surface area contributed by atoms with E-state index in [1.54, 1.807) is 11.0 Å². The Morgan fingerprint density at radius 1 is 1.53 bits per heavy atom. The molecule has 1 aromatic heterocycles. The molecule has 4 nitrogen and oxygen atoms in total. The fourth-order valence-electron chi connectivity index (χ4n) is 1.56. The number of rotatable bonds is 2. The summed E-state index contributed by atoms with van der Waals surface area (Å²) < 4.78 is 0. The summed E-state index contributed by atoms with van der Waals surface area (Å²) in [6.45, 7) is 3.66. The van der Waals surface area contributed by atoms with Crippen molar-refractivity contribution >= 4 is 5.91 Å². The van der Waals surface area contributed by atoms with Crippen molar-refractivity contribution in [3.63, 3.8) is 0 Å². The number of likely N-dealkylation sites (N-methyl/N-ethyl adjacent to an activating group) is 1. The third-order valence-electron chi connectivity index (χ3n) is 2.74. The van der Waals surface area contributed by atoms with Crippen molar-refractivity contribution in [2.75, 3.05) is 20.1 Å². The van der Waals surface area contributed by atoms with Gasteiger partial charge in [-0.25, -0.2) is 4.98 Å². The van der Waals surface area contributed by atoms with Crippen molar-refractivity contribution in [2.45, 2.75) is 13.0 Å². The number of aromatic nitrogens is 1. The van der Waals surface area contributed by atoms with E-state index in [1.165, 1.54) is 0 Å². The molecule has 1 N–H and O–H groups in total. The number of aryl methyl sites for hydroxylation is 1. The molecule has 4 heteroatoms. The van der Waals surface area contributed by atoms with Crippen LogP contribution in [0.3, 0.4) is 0 Å². The molecule has 2 rings (SSSR count). The normalized spacial score (nSPS) is 15.9. The summed E-state index contributed by atoms with van der Waals surface area (Å²) in [4.78, 5) is 18.0. The van der Waals surface area contributed by atoms with Crippen molar-refractivity contribution in [1.82, 2.24) is 15.2 Å². The lowest BCUT2D eigenvalue weighted by Crippen LogP contribution is -2.57. The number of carbonyl (C=O) groups is 1. The minimum absolute atomic E-state index is 0.00481. The lowest BCUT2D eigenvalue weighted by molar-refractivity contribution is 0.0675. The Balaban J connectivity index is 2.12. The second-order valence-electron chi connectivity index (χ2n) is 3.89. The lowest BCUT2D eigenvalue weighted by atomic mass is 10.1. The van der Waals surface area contributed by atoms with E-state index in [0.29, 0.717) is 11.7 Å². The van der Waals surface area contributed by atoms with Crippen LogP contribution in [0.5, 0.6) is 0 Å². The molecule has 0 radical (unpaired) electrons. The summed E-state index contributed by atoms with van der Waals surface area (Å²) in [5, 5.41) is 3.15. The van der Waals surface area contributed by atoms with Gasteiger partial charge in [0.05, 0.1) is 6.04 Å². The van der Waals surface area contributed by atoms with Gasteiger partial charge in [-0.15, -0.1) is 0 Å². The van der Waals surface area contributed by atoms with Crippen LogP contribution in [-0.2, 0) is 0 Å². The maximum atomic E-state index is 12.0. The average molecular weight is 205 g/mol. The fourth-order valence-corrected chi connectivity index (χ4v) is 1.56. The zero-order valence-corrected chi connectivity index (χ0v) is 9.03. The van der Waals surface area contributed by atoms with Gasteiger partial charge in [0, 0.05) is 25.8 Å². The molecule has 0 bridgehead atoms. The molecular weight excluding hydrogens is 190 g/mol. The molecule has 1 saturated heterocycles. The zero-order valence-electron chi connectivity index (χ0n) is 9.03. The Labute approximate surface area is 89.3 Å². The van der Waals surface area contributed by atoms with Crippen LogP contribution in [-0.4, -0.2) is 42.0 Å². The topological polar surface area (TPSA) is 45.2 Å². The van der Waals surface area contributed by atoms with Gasteiger partial charge in [-0.2, -0.15) is 0 Å². The minimum Gasteiger partial charge on any atom is -0.335 e. The summed E-state index contributed by atoms with van der Waals surface area (Å²) in [7, 11) is 1.83. The molecule has 1 fully saturated rings. The average Bonchev–Trinajstić information content (AvgIpc) is 2.14. The molecule has 0 spiro atoms. The van der Waals surface area contributed by atoms with Crippen molar-refractivity contribution in [2.24, 2.45) is 0 Å². The first-order valence-corrected chi connectivity index (χ1v) is 5.10. The highest BCUT2D eigenvalue weighted by Crippen LogP contribution is 2.08. The lowest BCUT2D eigenvalue weighted by Gasteiger charge is -2.35. The van der Waals surface area contributed by atoms with E-state index < -0.39 is 0 Å². The highest BCUT2D eigenvalue weighted by molar-refractivity contribution is 5.92. The number of hydrogen-bond donors (Lipinski definition) is 1. The molecule has 1 aliphatic heterocycles. The molecule has 15 heavy (non-hydrogen) atoms. The number of pyridine rings is 1. The van der Waals surface area contributed by atoms with Crippen molar-refractivity contribution < 1.29 is 4.79 Å². The van der Waals surface area contributed by atoms with Gasteiger partial charge in [0.1, 0.15) is 5.69 Å². The molecule has 1 amide bonds. The van der Waals surface area contributed by atoms with Crippen LogP contribution < -0.4 is 5.32 Å². The molecule has 1 aliphatic rings. The Morgan fingerprint density at radius 2 is 2.27 bits per heavy atom. The molecule has 80 valence electrons. The molecule has 0 aliphatic carbocycles. The van der Waals surface area contributed by atoms with E-state index in [2.05, 4.69) is 10.3 Å². The van der Waals surface area contributed by atoms with Crippen LogP contribution in [0.4, 0.5) is 0 Å². The number of hydrogen-bond acceptors (Lipinski definition) is 3. The van der Waals surface area contributed by atoms with Crippen LogP contribution in [0.2, 0.25) is 0 Å². The van der Waals surface area contributed by atoms with Gasteiger partial charge in [-0.3, -0.25) is 4.79 Å². The quantitative estimate of drug-likeness (QED) is 0.761. The van der Waals surface area contributed by atoms with E-state index in [9.17, 15) is 4.79 Å². The van der Waals surface area contributed by atoms with Crippen molar-refractivity contribution in [1.29, 1.82) is 0 Å². The monoisotopic (exact) mass is 205 g/mol. The molecule has 1 aromatic rings. The SMILES string of the molecule is Cc1cccc(C(=O)N(C)C2CNC2)n1. The molecular formula is C11H15N3O. The minimum atomic E-state index is 0.00481. The van der Waals surface area contributed by atoms with Crippen molar-refractivity contribution in [3.05, 3.63) is 29.6 Å². The maximum absolute atomic E-state index is 12.0. The van der Waals surface area contributed by atoms with E-state index in [1.807, 2.05) is 26.1 Å². The standard InChI is InChI=1S/C11H15N3O/c1-8-4-3-5-10(13-8)11(15)14(2)9-6-12-7-9/h3-5,9,12H,6-7H2,1-2H3. The van der Waals surface area contributed by atoms with Gasteiger partial charge < -0.3 is 10.2 Å². The summed E-state index contributed by atoms with van der Waals surface area (Å²) in [5.41, 5.74) is 1.41. The maximum Gasteiger partial charge on any atom is 0.272 e. The third-order valence-corrected chi connectivity index (χ3v) is 2.74. The summed E-state index contributed by atoms with van der Waals surface area (Å²) in [6, 6.07) is 5.84. The van der Waals surface area contributed by atoms with E-state index in [4.69, 9.17) is 0 Å². The Hall–Kier alpha value is -1.42. The van der Waals surface area contributed by atoms with Gasteiger partial charge in [0.15, 0.2) is 0 Å². The van der Waals surface area contributed by atoms with Crippen LogP contribution in [0.15, 0.2) is 18.2 Å². The number of nitrogens with zero attached hydrogens (tertiary/aromatic N) is 2. The molecule has 0 atom stereocenters. The zero-order chi connectivity index (χ0) is 10.8. The van der Waals surface area contributed by atoms with Gasteiger partial charge in [0.2, 0.25) is 0 Å². The summed E-state index contributed by atoms with van der Waals surface area (Å²) >= 11 is 0. The van der Waals surface area contributed by atoms with Gasteiger partial charge in [-0.1, -0.05) is 6.07 Å². The number of carbonyl (C=O) groups excluding carboxylic acids is 1. The van der Waals surface area contributed by atoms with E-state index >= 15 is 0 Å². The van der Waals surface area contributed by atoms with Crippen LogP contribution in [0.25, 0.3) is 0 Å². The second-order valence-corrected chi connectivity index (χ2v) is 3.89. The van der Waals surface area contributed by atoms with Crippen molar-refractivity contribution in [3.8, 4) is 0 Å². The number of amides is 1. The second kappa shape index (κ2) is 3.98. The largest absolute Gasteiger partial charge is 0.335 e.